The number of hydrogen-bond donors (Lipinski definition) is 4. The monoisotopic (exact) mass is 660 g/mol. The Balaban J connectivity index is 1.23. The first-order valence-corrected chi connectivity index (χ1v) is 18.3. The fourth-order valence-electron chi connectivity index (χ4n) is 11.4. The van der Waals surface area contributed by atoms with Crippen LogP contribution in [0.5, 0.6) is 0 Å². The summed E-state index contributed by atoms with van der Waals surface area (Å²) >= 11 is 0. The quantitative estimate of drug-likeness (QED) is 0.142. The SMILES string of the molecule is C=CC1CC(C(OC(C)=O)C(C)(C)O)OC2=C1CC(C1CCC3C(C)(C)C(OC4CC(O)C(O)CO4)CCC34CC14CCCC)C2O. The number of ether oxygens (including phenoxy) is 4. The first-order valence-electron chi connectivity index (χ1n) is 18.3. The number of carbonyl (C=O) groups is 1. The third kappa shape index (κ3) is 5.93. The number of unbranched alkanes of at least 4 members (excludes halogenated alkanes) is 1. The number of hydrogen-bond acceptors (Lipinski definition) is 9. The maximum absolute atomic E-state index is 12.1. The van der Waals surface area contributed by atoms with Crippen LogP contribution in [0, 0.1) is 39.9 Å². The molecule has 6 aliphatic rings. The molecule has 4 fully saturated rings. The Kier molecular flexibility index (Phi) is 9.54. The van der Waals surface area contributed by atoms with Gasteiger partial charge in [-0.1, -0.05) is 39.7 Å². The zero-order chi connectivity index (χ0) is 34.1. The highest BCUT2D eigenvalue weighted by molar-refractivity contribution is 5.66. The minimum Gasteiger partial charge on any atom is -0.488 e. The van der Waals surface area contributed by atoms with Crippen LogP contribution in [0.4, 0.5) is 0 Å². The normalized spacial score (nSPS) is 44.8. The Labute approximate surface area is 281 Å². The summed E-state index contributed by atoms with van der Waals surface area (Å²) in [6.45, 7) is 15.8. The maximum Gasteiger partial charge on any atom is 0.303 e. The van der Waals surface area contributed by atoms with E-state index in [0.29, 0.717) is 24.0 Å². The first kappa shape index (κ1) is 35.3. The van der Waals surface area contributed by atoms with Gasteiger partial charge in [-0.05, 0) is 105 Å². The molecule has 9 heteroatoms. The third-order valence-electron chi connectivity index (χ3n) is 13.6. The van der Waals surface area contributed by atoms with Crippen LogP contribution in [0.15, 0.2) is 24.0 Å². The molecule has 4 N–H and O–H groups in total. The molecule has 3 saturated carbocycles. The van der Waals surface area contributed by atoms with Crippen LogP contribution in [0.3, 0.4) is 0 Å². The van der Waals surface area contributed by atoms with E-state index in [1.807, 2.05) is 6.08 Å². The highest BCUT2D eigenvalue weighted by Gasteiger charge is 2.78. The molecule has 2 aliphatic heterocycles. The fraction of sp³-hybridized carbons (Fsp3) is 0.868. The summed E-state index contributed by atoms with van der Waals surface area (Å²) in [6.07, 6.45) is 7.95. The largest absolute Gasteiger partial charge is 0.488 e. The van der Waals surface area contributed by atoms with Gasteiger partial charge in [0.15, 0.2) is 12.4 Å². The molecule has 4 aliphatic carbocycles. The van der Waals surface area contributed by atoms with E-state index >= 15 is 0 Å². The summed E-state index contributed by atoms with van der Waals surface area (Å²) in [6, 6.07) is 0. The standard InChI is InChI=1S/C38H60O9/c1-8-10-14-37-20-38(37)15-13-30(47-31-18-26(40)27(41)19-44-31)35(4,5)29(38)12-11-25(37)24-17-23-22(9-2)16-28(46-33(23)32(24)42)34(36(6,7)43)45-21(3)39/h9,22,24-32,34,40-43H,2,8,10-20H2,1,3-7H3. The molecular weight excluding hydrogens is 600 g/mol. The van der Waals surface area contributed by atoms with Crippen molar-refractivity contribution in [1.29, 1.82) is 0 Å². The van der Waals surface area contributed by atoms with E-state index in [0.717, 1.165) is 50.5 Å². The zero-order valence-corrected chi connectivity index (χ0v) is 29.5. The molecule has 1 spiro atoms. The Morgan fingerprint density at radius 2 is 1.89 bits per heavy atom. The summed E-state index contributed by atoms with van der Waals surface area (Å²) in [5.41, 5.74) is 0.0902. The van der Waals surface area contributed by atoms with Gasteiger partial charge in [0.25, 0.3) is 0 Å². The summed E-state index contributed by atoms with van der Waals surface area (Å²) in [5.74, 6) is 1.02. The molecule has 13 unspecified atom stereocenters. The highest BCUT2D eigenvalue weighted by atomic mass is 16.7. The van der Waals surface area contributed by atoms with Crippen molar-refractivity contribution in [2.24, 2.45) is 39.9 Å². The van der Waals surface area contributed by atoms with Gasteiger partial charge in [0.05, 0.1) is 24.4 Å². The predicted molar refractivity (Wildman–Crippen MR) is 176 cm³/mol. The Bertz CT molecular complexity index is 1220. The number of allylic oxidation sites excluding steroid dienone is 2. The van der Waals surface area contributed by atoms with Crippen molar-refractivity contribution >= 4 is 5.97 Å². The van der Waals surface area contributed by atoms with Gasteiger partial charge in [0.2, 0.25) is 0 Å². The maximum atomic E-state index is 12.1. The van der Waals surface area contributed by atoms with Gasteiger partial charge in [-0.3, -0.25) is 4.79 Å². The van der Waals surface area contributed by atoms with Crippen LogP contribution in [0.2, 0.25) is 0 Å². The summed E-state index contributed by atoms with van der Waals surface area (Å²) < 4.78 is 24.5. The summed E-state index contributed by atoms with van der Waals surface area (Å²) in [7, 11) is 0. The van der Waals surface area contributed by atoms with Crippen LogP contribution in [0.25, 0.3) is 0 Å². The van der Waals surface area contributed by atoms with Crippen LogP contribution in [0.1, 0.15) is 112 Å². The lowest BCUT2D eigenvalue weighted by Crippen LogP contribution is -2.54. The Morgan fingerprint density at radius 3 is 2.53 bits per heavy atom. The first-order chi connectivity index (χ1) is 22.1. The third-order valence-corrected chi connectivity index (χ3v) is 13.6. The molecule has 0 amide bonds. The predicted octanol–water partition coefficient (Wildman–Crippen LogP) is 5.18. The average Bonchev–Trinajstić information content (AvgIpc) is 3.57. The van der Waals surface area contributed by atoms with Gasteiger partial charge < -0.3 is 39.4 Å². The lowest BCUT2D eigenvalue weighted by Gasteiger charge is -2.56. The lowest BCUT2D eigenvalue weighted by atomic mass is 9.50. The van der Waals surface area contributed by atoms with E-state index in [9.17, 15) is 25.2 Å². The molecule has 9 nitrogen and oxygen atoms in total. The van der Waals surface area contributed by atoms with E-state index in [1.165, 1.54) is 19.8 Å². The second kappa shape index (κ2) is 12.7. The smallest absolute Gasteiger partial charge is 0.303 e. The van der Waals surface area contributed by atoms with Crippen LogP contribution >= 0.6 is 0 Å². The van der Waals surface area contributed by atoms with Gasteiger partial charge in [0, 0.05) is 19.3 Å². The van der Waals surface area contributed by atoms with Crippen molar-refractivity contribution in [3.63, 3.8) is 0 Å². The fourth-order valence-corrected chi connectivity index (χ4v) is 11.4. The van der Waals surface area contributed by atoms with Crippen molar-refractivity contribution in [3.05, 3.63) is 24.0 Å². The minimum atomic E-state index is -1.31. The molecule has 266 valence electrons. The van der Waals surface area contributed by atoms with Crippen LogP contribution < -0.4 is 0 Å². The van der Waals surface area contributed by atoms with E-state index in [1.54, 1.807) is 13.8 Å². The van der Waals surface area contributed by atoms with Gasteiger partial charge in [-0.25, -0.2) is 0 Å². The second-order valence-electron chi connectivity index (χ2n) is 17.1. The molecule has 2 heterocycles. The summed E-state index contributed by atoms with van der Waals surface area (Å²) in [5, 5.41) is 43.2. The van der Waals surface area contributed by atoms with Crippen molar-refractivity contribution in [3.8, 4) is 0 Å². The zero-order valence-electron chi connectivity index (χ0n) is 29.5. The molecule has 0 aromatic carbocycles. The molecular formula is C38H60O9. The van der Waals surface area contributed by atoms with E-state index < -0.39 is 48.4 Å². The van der Waals surface area contributed by atoms with Gasteiger partial charge >= 0.3 is 5.97 Å². The van der Waals surface area contributed by atoms with Crippen molar-refractivity contribution in [2.75, 3.05) is 6.61 Å². The molecule has 13 atom stereocenters. The number of aliphatic hydroxyl groups is 4. The molecule has 0 bridgehead atoms. The van der Waals surface area contributed by atoms with Gasteiger partial charge in [-0.2, -0.15) is 0 Å². The van der Waals surface area contributed by atoms with Crippen molar-refractivity contribution < 1.29 is 44.2 Å². The number of carbonyl (C=O) groups excluding carboxylic acids is 1. The van der Waals surface area contributed by atoms with Crippen LogP contribution in [-0.4, -0.2) is 81.5 Å². The van der Waals surface area contributed by atoms with E-state index in [-0.39, 0.29) is 47.2 Å². The average molecular weight is 661 g/mol. The molecule has 1 saturated heterocycles. The topological polar surface area (TPSA) is 135 Å². The lowest BCUT2D eigenvalue weighted by molar-refractivity contribution is -0.263. The van der Waals surface area contributed by atoms with Gasteiger partial charge in [0.1, 0.15) is 24.1 Å². The number of rotatable bonds is 10. The molecule has 0 aromatic heterocycles. The Hall–Kier alpha value is -1.49. The minimum absolute atomic E-state index is 0.0114. The van der Waals surface area contributed by atoms with Gasteiger partial charge in [-0.15, -0.1) is 6.58 Å². The molecule has 0 aromatic rings. The van der Waals surface area contributed by atoms with E-state index in [4.69, 9.17) is 18.9 Å². The van der Waals surface area contributed by atoms with Crippen LogP contribution in [-0.2, 0) is 23.7 Å². The number of aliphatic hydroxyl groups excluding tert-OH is 3. The highest BCUT2D eigenvalue weighted by Crippen LogP contribution is 2.84. The van der Waals surface area contributed by atoms with E-state index in [2.05, 4.69) is 27.4 Å². The Morgan fingerprint density at radius 1 is 1.15 bits per heavy atom. The molecule has 6 rings (SSSR count). The number of esters is 1. The molecule has 0 radical (unpaired) electrons. The van der Waals surface area contributed by atoms with Crippen molar-refractivity contribution in [2.45, 2.75) is 161 Å². The summed E-state index contributed by atoms with van der Waals surface area (Å²) in [4.78, 5) is 12.0. The molecule has 47 heavy (non-hydrogen) atoms. The second-order valence-corrected chi connectivity index (χ2v) is 17.1. The van der Waals surface area contributed by atoms with Crippen molar-refractivity contribution in [1.82, 2.24) is 0 Å².